The smallest absolute Gasteiger partial charge is 0.151 e. The Kier molecular flexibility index (Phi) is 5.03. The Morgan fingerprint density at radius 2 is 2.05 bits per heavy atom. The summed E-state index contributed by atoms with van der Waals surface area (Å²) in [4.78, 5) is 13.4. The third-order valence-corrected chi connectivity index (χ3v) is 4.46. The Balaban J connectivity index is 2.26. The lowest BCUT2D eigenvalue weighted by atomic mass is 10.1. The zero-order valence-corrected chi connectivity index (χ0v) is 13.3. The number of aldehydes is 1. The van der Waals surface area contributed by atoms with Crippen molar-refractivity contribution in [2.45, 2.75) is 45.6 Å². The van der Waals surface area contributed by atoms with E-state index < -0.39 is 0 Å². The second-order valence-electron chi connectivity index (χ2n) is 5.81. The fraction of sp³-hybridized carbons (Fsp3) is 0.562. The van der Waals surface area contributed by atoms with Gasteiger partial charge in [0.15, 0.2) is 6.29 Å². The maximum absolute atomic E-state index is 10.9. The van der Waals surface area contributed by atoms with Crippen LogP contribution in [0.4, 0.5) is 5.69 Å². The van der Waals surface area contributed by atoms with E-state index in [-0.39, 0.29) is 0 Å². The number of benzene rings is 1. The lowest BCUT2D eigenvalue weighted by Crippen LogP contribution is -2.36. The molecule has 0 bridgehead atoms. The largest absolute Gasteiger partial charge is 0.368 e. The van der Waals surface area contributed by atoms with Crippen molar-refractivity contribution in [2.75, 3.05) is 11.4 Å². The molecule has 1 saturated carbocycles. The molecule has 1 aromatic rings. The minimum Gasteiger partial charge on any atom is -0.368 e. The average Bonchev–Trinajstić information content (AvgIpc) is 2.89. The number of carbonyl (C=O) groups excluding carboxylic acids is 1. The lowest BCUT2D eigenvalue weighted by molar-refractivity contribution is 0.112. The van der Waals surface area contributed by atoms with E-state index in [9.17, 15) is 4.79 Å². The molecule has 1 aromatic carbocycles. The summed E-state index contributed by atoms with van der Waals surface area (Å²) in [7, 11) is 0. The Bertz CT molecular complexity index is 438. The van der Waals surface area contributed by atoms with Gasteiger partial charge in [-0.05, 0) is 52.9 Å². The molecule has 0 spiro atoms. The number of halogens is 1. The molecular formula is C16H22BrNO. The van der Waals surface area contributed by atoms with Crippen molar-refractivity contribution in [3.8, 4) is 0 Å². The van der Waals surface area contributed by atoms with Gasteiger partial charge in [0.2, 0.25) is 0 Å². The summed E-state index contributed by atoms with van der Waals surface area (Å²) in [5, 5.41) is 0. The minimum absolute atomic E-state index is 0.644. The van der Waals surface area contributed by atoms with Crippen LogP contribution in [0.25, 0.3) is 0 Å². The molecule has 1 aliphatic carbocycles. The van der Waals surface area contributed by atoms with E-state index in [1.807, 2.05) is 6.07 Å². The van der Waals surface area contributed by atoms with Gasteiger partial charge < -0.3 is 4.90 Å². The Hall–Kier alpha value is -0.830. The molecule has 0 heterocycles. The number of anilines is 1. The molecule has 0 atom stereocenters. The summed E-state index contributed by atoms with van der Waals surface area (Å²) in [6, 6.07) is 6.74. The monoisotopic (exact) mass is 323 g/mol. The van der Waals surface area contributed by atoms with E-state index in [0.717, 1.165) is 22.9 Å². The Labute approximate surface area is 124 Å². The van der Waals surface area contributed by atoms with Crippen molar-refractivity contribution in [2.24, 2.45) is 5.92 Å². The van der Waals surface area contributed by atoms with Crippen LogP contribution in [0.1, 0.15) is 49.9 Å². The predicted molar refractivity (Wildman–Crippen MR) is 84.0 cm³/mol. The number of nitrogens with zero attached hydrogens (tertiary/aromatic N) is 1. The molecule has 2 nitrogen and oxygen atoms in total. The summed E-state index contributed by atoms with van der Waals surface area (Å²) in [5.74, 6) is 0.644. The van der Waals surface area contributed by atoms with Crippen molar-refractivity contribution in [3.05, 3.63) is 28.2 Å². The molecule has 0 aromatic heterocycles. The first kappa shape index (κ1) is 14.6. The SMILES string of the molecule is CC(C)CN(c1ccc(C=O)c(Br)c1)C1CCCC1. The number of carbonyl (C=O) groups is 1. The third-order valence-electron chi connectivity index (χ3n) is 3.77. The van der Waals surface area contributed by atoms with Gasteiger partial charge in [0.25, 0.3) is 0 Å². The number of hydrogen-bond donors (Lipinski definition) is 0. The fourth-order valence-corrected chi connectivity index (χ4v) is 3.33. The van der Waals surface area contributed by atoms with Crippen LogP contribution < -0.4 is 4.90 Å². The van der Waals surface area contributed by atoms with Crippen LogP contribution in [0.3, 0.4) is 0 Å². The summed E-state index contributed by atoms with van der Waals surface area (Å²) < 4.78 is 0.895. The standard InChI is InChI=1S/C16H22BrNO/c1-12(2)10-18(14-5-3-4-6-14)15-8-7-13(11-19)16(17)9-15/h7-9,11-12,14H,3-6,10H2,1-2H3. The van der Waals surface area contributed by atoms with Crippen molar-refractivity contribution < 1.29 is 4.79 Å². The molecule has 0 unspecified atom stereocenters. The second-order valence-corrected chi connectivity index (χ2v) is 6.66. The summed E-state index contributed by atoms with van der Waals surface area (Å²) in [6.45, 7) is 5.60. The molecule has 1 fully saturated rings. The highest BCUT2D eigenvalue weighted by atomic mass is 79.9. The first-order valence-corrected chi connectivity index (χ1v) is 7.92. The zero-order valence-electron chi connectivity index (χ0n) is 11.7. The first-order chi connectivity index (χ1) is 9.11. The van der Waals surface area contributed by atoms with Gasteiger partial charge >= 0.3 is 0 Å². The topological polar surface area (TPSA) is 20.3 Å². The average molecular weight is 324 g/mol. The van der Waals surface area contributed by atoms with Crippen LogP contribution >= 0.6 is 15.9 Å². The molecule has 3 heteroatoms. The fourth-order valence-electron chi connectivity index (χ4n) is 2.86. The van der Waals surface area contributed by atoms with Crippen LogP contribution in [0.15, 0.2) is 22.7 Å². The van der Waals surface area contributed by atoms with Gasteiger partial charge in [0.05, 0.1) is 0 Å². The normalized spacial score (nSPS) is 16.0. The van der Waals surface area contributed by atoms with Gasteiger partial charge in [-0.15, -0.1) is 0 Å². The van der Waals surface area contributed by atoms with Gasteiger partial charge in [0, 0.05) is 28.3 Å². The lowest BCUT2D eigenvalue weighted by Gasteiger charge is -2.33. The van der Waals surface area contributed by atoms with Crippen molar-refractivity contribution >= 4 is 27.9 Å². The predicted octanol–water partition coefficient (Wildman–Crippen LogP) is 4.67. The molecule has 0 N–H and O–H groups in total. The van der Waals surface area contributed by atoms with Crippen LogP contribution in [0, 0.1) is 5.92 Å². The highest BCUT2D eigenvalue weighted by molar-refractivity contribution is 9.10. The van der Waals surface area contributed by atoms with E-state index in [2.05, 4.69) is 46.8 Å². The number of hydrogen-bond acceptors (Lipinski definition) is 2. The summed E-state index contributed by atoms with van der Waals surface area (Å²) in [5.41, 5.74) is 1.96. The van der Waals surface area contributed by atoms with Gasteiger partial charge in [-0.25, -0.2) is 0 Å². The maximum atomic E-state index is 10.9. The second kappa shape index (κ2) is 6.56. The third kappa shape index (κ3) is 3.59. The zero-order chi connectivity index (χ0) is 13.8. The van der Waals surface area contributed by atoms with Crippen LogP contribution in [0.5, 0.6) is 0 Å². The molecule has 2 rings (SSSR count). The Morgan fingerprint density at radius 3 is 2.58 bits per heavy atom. The molecule has 0 radical (unpaired) electrons. The van der Waals surface area contributed by atoms with Crippen LogP contribution in [-0.2, 0) is 0 Å². The van der Waals surface area contributed by atoms with Gasteiger partial charge in [-0.2, -0.15) is 0 Å². The molecule has 0 aliphatic heterocycles. The minimum atomic E-state index is 0.644. The Morgan fingerprint density at radius 1 is 1.37 bits per heavy atom. The maximum Gasteiger partial charge on any atom is 0.151 e. The van der Waals surface area contributed by atoms with Gasteiger partial charge in [0.1, 0.15) is 0 Å². The quantitative estimate of drug-likeness (QED) is 0.734. The van der Waals surface area contributed by atoms with Crippen LogP contribution in [-0.4, -0.2) is 18.9 Å². The van der Waals surface area contributed by atoms with Crippen molar-refractivity contribution in [1.29, 1.82) is 0 Å². The molecule has 19 heavy (non-hydrogen) atoms. The van der Waals surface area contributed by atoms with Gasteiger partial charge in [-0.3, -0.25) is 4.79 Å². The molecular weight excluding hydrogens is 302 g/mol. The molecule has 1 aliphatic rings. The molecule has 104 valence electrons. The van der Waals surface area contributed by atoms with E-state index in [4.69, 9.17) is 0 Å². The molecule has 0 saturated heterocycles. The first-order valence-electron chi connectivity index (χ1n) is 7.13. The van der Waals surface area contributed by atoms with Crippen molar-refractivity contribution in [3.63, 3.8) is 0 Å². The summed E-state index contributed by atoms with van der Waals surface area (Å²) >= 11 is 3.49. The van der Waals surface area contributed by atoms with Gasteiger partial charge in [-0.1, -0.05) is 26.7 Å². The van der Waals surface area contributed by atoms with E-state index in [1.54, 1.807) is 0 Å². The van der Waals surface area contributed by atoms with E-state index in [0.29, 0.717) is 12.0 Å². The molecule has 0 amide bonds. The highest BCUT2D eigenvalue weighted by Crippen LogP contribution is 2.31. The number of rotatable bonds is 5. The summed E-state index contributed by atoms with van der Waals surface area (Å²) in [6.07, 6.45) is 6.16. The highest BCUT2D eigenvalue weighted by Gasteiger charge is 2.23. The van der Waals surface area contributed by atoms with E-state index >= 15 is 0 Å². The van der Waals surface area contributed by atoms with Crippen LogP contribution in [0.2, 0.25) is 0 Å². The van der Waals surface area contributed by atoms with E-state index in [1.165, 1.54) is 31.4 Å². The van der Waals surface area contributed by atoms with Crippen molar-refractivity contribution in [1.82, 2.24) is 0 Å².